The van der Waals surface area contributed by atoms with Crippen molar-refractivity contribution in [1.29, 1.82) is 0 Å². The van der Waals surface area contributed by atoms with Gasteiger partial charge >= 0.3 is 24.3 Å². The molecule has 3 heterocycles. The molecular formula is C25H31F6N3O5. The second-order valence-corrected chi connectivity index (χ2v) is 9.84. The minimum absolute atomic E-state index is 0.224. The Morgan fingerprint density at radius 1 is 1.03 bits per heavy atom. The molecule has 0 saturated carbocycles. The van der Waals surface area contributed by atoms with Gasteiger partial charge in [0.15, 0.2) is 0 Å². The molecule has 8 nitrogen and oxygen atoms in total. The molecule has 1 aliphatic carbocycles. The van der Waals surface area contributed by atoms with Crippen LogP contribution >= 0.6 is 0 Å². The van der Waals surface area contributed by atoms with Gasteiger partial charge in [-0.3, -0.25) is 9.78 Å². The molecule has 1 amide bonds. The number of carboxylic acid groups (broad SMARTS) is 2. The number of aromatic nitrogens is 1. The number of nitrogens with zero attached hydrogens (tertiary/aromatic N) is 3. The minimum Gasteiger partial charge on any atom is -0.475 e. The maximum atomic E-state index is 12.5. The predicted octanol–water partition coefficient (Wildman–Crippen LogP) is 4.52. The van der Waals surface area contributed by atoms with Crippen LogP contribution in [0, 0.1) is 11.3 Å². The van der Waals surface area contributed by atoms with Crippen molar-refractivity contribution >= 4 is 17.8 Å². The van der Waals surface area contributed by atoms with E-state index in [0.29, 0.717) is 12.5 Å². The van der Waals surface area contributed by atoms with E-state index < -0.39 is 24.3 Å². The van der Waals surface area contributed by atoms with Gasteiger partial charge in [0.1, 0.15) is 0 Å². The van der Waals surface area contributed by atoms with E-state index in [-0.39, 0.29) is 5.41 Å². The molecule has 1 aromatic rings. The van der Waals surface area contributed by atoms with Crippen molar-refractivity contribution in [2.45, 2.75) is 57.4 Å². The lowest BCUT2D eigenvalue weighted by Crippen LogP contribution is -2.43. The fraction of sp³-hybridized carbons (Fsp3) is 0.600. The summed E-state index contributed by atoms with van der Waals surface area (Å²) in [5, 5.41) is 14.2. The Kier molecular flexibility index (Phi) is 11.3. The Morgan fingerprint density at radius 3 is 2.08 bits per heavy atom. The Labute approximate surface area is 221 Å². The molecule has 218 valence electrons. The highest BCUT2D eigenvalue weighted by atomic mass is 19.4. The average Bonchev–Trinajstić information content (AvgIpc) is 3.16. The molecule has 1 aromatic heterocycles. The lowest BCUT2D eigenvalue weighted by Gasteiger charge is -2.40. The number of carbonyl (C=O) groups excluding carboxylic acids is 1. The van der Waals surface area contributed by atoms with Gasteiger partial charge in [-0.15, -0.1) is 0 Å². The fourth-order valence-corrected chi connectivity index (χ4v) is 4.77. The van der Waals surface area contributed by atoms with Gasteiger partial charge in [0.25, 0.3) is 0 Å². The van der Waals surface area contributed by atoms with Gasteiger partial charge in [0.2, 0.25) is 5.91 Å². The molecule has 39 heavy (non-hydrogen) atoms. The molecule has 1 atom stereocenters. The zero-order chi connectivity index (χ0) is 29.3. The number of piperidine rings is 1. The Balaban J connectivity index is 0.000000317. The summed E-state index contributed by atoms with van der Waals surface area (Å²) in [6, 6.07) is 4.01. The van der Waals surface area contributed by atoms with Crippen LogP contribution in [0.2, 0.25) is 0 Å². The number of hydrogen-bond acceptors (Lipinski definition) is 5. The van der Waals surface area contributed by atoms with Crippen molar-refractivity contribution < 1.29 is 50.9 Å². The number of likely N-dealkylation sites (tertiary alicyclic amines) is 2. The number of amides is 1. The predicted molar refractivity (Wildman–Crippen MR) is 126 cm³/mol. The third-order valence-corrected chi connectivity index (χ3v) is 6.80. The van der Waals surface area contributed by atoms with Crippen molar-refractivity contribution in [3.8, 4) is 0 Å². The summed E-state index contributed by atoms with van der Waals surface area (Å²) in [4.78, 5) is 39.2. The largest absolute Gasteiger partial charge is 0.490 e. The van der Waals surface area contributed by atoms with Crippen LogP contribution in [0.4, 0.5) is 26.3 Å². The zero-order valence-electron chi connectivity index (χ0n) is 21.0. The molecule has 2 fully saturated rings. The van der Waals surface area contributed by atoms with Crippen LogP contribution in [0.25, 0.3) is 0 Å². The van der Waals surface area contributed by atoms with E-state index >= 15 is 0 Å². The first kappa shape index (κ1) is 32.1. The number of halogens is 6. The highest BCUT2D eigenvalue weighted by molar-refractivity contribution is 5.79. The Morgan fingerprint density at radius 2 is 1.62 bits per heavy atom. The minimum atomic E-state index is -5.08. The fourth-order valence-electron chi connectivity index (χ4n) is 4.77. The summed E-state index contributed by atoms with van der Waals surface area (Å²) in [5.74, 6) is -4.35. The van der Waals surface area contributed by atoms with Gasteiger partial charge in [-0.05, 0) is 68.2 Å². The SMILES string of the molecule is O=C(O)C(F)(F)F.O=C(O)C(F)(F)F.O=C1CC2(CCN(CC3CC=CCC3)CC2)CN1Cc1cccnc1. The number of carbonyl (C=O) groups is 3. The number of rotatable bonds is 4. The van der Waals surface area contributed by atoms with Crippen LogP contribution in [0.3, 0.4) is 0 Å². The molecule has 0 radical (unpaired) electrons. The normalized spacial score (nSPS) is 21.0. The first-order valence-electron chi connectivity index (χ1n) is 12.3. The van der Waals surface area contributed by atoms with E-state index in [4.69, 9.17) is 19.8 Å². The Hall–Kier alpha value is -3.16. The van der Waals surface area contributed by atoms with Gasteiger partial charge < -0.3 is 20.0 Å². The van der Waals surface area contributed by atoms with Crippen LogP contribution in [0.15, 0.2) is 36.7 Å². The third kappa shape index (κ3) is 10.9. The summed E-state index contributed by atoms with van der Waals surface area (Å²) in [6.45, 7) is 5.21. The lowest BCUT2D eigenvalue weighted by molar-refractivity contribution is -0.193. The molecular weight excluding hydrogens is 536 g/mol. The van der Waals surface area contributed by atoms with Crippen molar-refractivity contribution in [3.05, 3.63) is 42.2 Å². The standard InChI is InChI=1S/C21H29N3O.2C2HF3O2/c25-20-13-21(17-24(20)16-19-7-4-10-22-14-19)8-11-23(12-9-21)15-18-5-2-1-3-6-18;2*3-2(4,5)1(6)7/h1-2,4,7,10,14,18H,3,5-6,8-9,11-13,15-17H2;2*(H,6,7). The topological polar surface area (TPSA) is 111 Å². The van der Waals surface area contributed by atoms with Crippen molar-refractivity contribution in [2.75, 3.05) is 26.2 Å². The first-order chi connectivity index (χ1) is 18.1. The summed E-state index contributed by atoms with van der Waals surface area (Å²) in [6.07, 6.45) is 5.10. The maximum Gasteiger partial charge on any atom is 0.490 e. The highest BCUT2D eigenvalue weighted by Gasteiger charge is 2.45. The number of allylic oxidation sites excluding steroid dienone is 2. The molecule has 2 N–H and O–H groups in total. The zero-order valence-corrected chi connectivity index (χ0v) is 21.0. The molecule has 1 unspecified atom stereocenters. The maximum absolute atomic E-state index is 12.5. The average molecular weight is 568 g/mol. The van der Waals surface area contributed by atoms with Crippen LogP contribution in [0.5, 0.6) is 0 Å². The monoisotopic (exact) mass is 567 g/mol. The number of hydrogen-bond donors (Lipinski definition) is 2. The molecule has 2 aliphatic heterocycles. The number of alkyl halides is 6. The molecule has 14 heteroatoms. The number of carboxylic acids is 2. The van der Waals surface area contributed by atoms with E-state index in [2.05, 4.69) is 33.0 Å². The van der Waals surface area contributed by atoms with E-state index in [1.54, 1.807) is 6.20 Å². The van der Waals surface area contributed by atoms with E-state index in [1.807, 2.05) is 12.3 Å². The third-order valence-electron chi connectivity index (χ3n) is 6.80. The van der Waals surface area contributed by atoms with Crippen molar-refractivity contribution in [2.24, 2.45) is 11.3 Å². The van der Waals surface area contributed by atoms with Crippen LogP contribution < -0.4 is 0 Å². The van der Waals surface area contributed by atoms with Crippen LogP contribution in [-0.4, -0.2) is 81.4 Å². The van der Waals surface area contributed by atoms with Gasteiger partial charge in [-0.2, -0.15) is 26.3 Å². The molecule has 0 bridgehead atoms. The second kappa shape index (κ2) is 13.8. The molecule has 4 rings (SSSR count). The lowest BCUT2D eigenvalue weighted by atomic mass is 9.77. The van der Waals surface area contributed by atoms with Gasteiger partial charge in [0.05, 0.1) is 0 Å². The number of pyridine rings is 1. The second-order valence-electron chi connectivity index (χ2n) is 9.84. The number of aliphatic carboxylic acids is 2. The molecule has 0 aromatic carbocycles. The van der Waals surface area contributed by atoms with Crippen LogP contribution in [-0.2, 0) is 20.9 Å². The quantitative estimate of drug-likeness (QED) is 0.407. The smallest absolute Gasteiger partial charge is 0.475 e. The summed E-state index contributed by atoms with van der Waals surface area (Å²) in [5.41, 5.74) is 1.36. The summed E-state index contributed by atoms with van der Waals surface area (Å²) >= 11 is 0. The molecule has 3 aliphatic rings. The Bertz CT molecular complexity index is 968. The van der Waals surface area contributed by atoms with E-state index in [9.17, 15) is 31.1 Å². The first-order valence-corrected chi connectivity index (χ1v) is 12.3. The molecule has 1 spiro atoms. The summed E-state index contributed by atoms with van der Waals surface area (Å²) < 4.78 is 63.5. The van der Waals surface area contributed by atoms with Gasteiger partial charge in [-0.25, -0.2) is 9.59 Å². The van der Waals surface area contributed by atoms with Gasteiger partial charge in [-0.1, -0.05) is 18.2 Å². The van der Waals surface area contributed by atoms with E-state index in [1.165, 1.54) is 38.6 Å². The van der Waals surface area contributed by atoms with E-state index in [0.717, 1.165) is 37.5 Å². The van der Waals surface area contributed by atoms with Crippen molar-refractivity contribution in [1.82, 2.24) is 14.8 Å². The van der Waals surface area contributed by atoms with Crippen molar-refractivity contribution in [3.63, 3.8) is 0 Å². The molecule has 2 saturated heterocycles. The van der Waals surface area contributed by atoms with Crippen LogP contribution in [0.1, 0.15) is 44.1 Å². The summed E-state index contributed by atoms with van der Waals surface area (Å²) in [7, 11) is 0. The highest BCUT2D eigenvalue weighted by Crippen LogP contribution is 2.41. The van der Waals surface area contributed by atoms with Gasteiger partial charge in [0, 0.05) is 38.4 Å².